The Morgan fingerprint density at radius 3 is 2.43 bits per heavy atom. The maximum Gasteiger partial charge on any atom is 0.416 e. The van der Waals surface area contributed by atoms with E-state index in [1.807, 2.05) is 6.92 Å². The molecule has 1 aromatic rings. The highest BCUT2D eigenvalue weighted by Crippen LogP contribution is 2.32. The molecule has 0 saturated carbocycles. The molecule has 1 rings (SSSR count). The van der Waals surface area contributed by atoms with Crippen LogP contribution in [0.15, 0.2) is 18.2 Å². The molecule has 0 fully saturated rings. The molecule has 0 heterocycles. The molecule has 78 valence electrons. The summed E-state index contributed by atoms with van der Waals surface area (Å²) in [5.74, 6) is 0. The fourth-order valence-corrected chi connectivity index (χ4v) is 1.42. The summed E-state index contributed by atoms with van der Waals surface area (Å²) in [6, 6.07) is 3.42. The number of aryl methyl sites for hydroxylation is 1. The summed E-state index contributed by atoms with van der Waals surface area (Å²) in [6.45, 7) is 1.90. The van der Waals surface area contributed by atoms with Crippen LogP contribution in [0.3, 0.4) is 0 Å². The minimum absolute atomic E-state index is 0.403. The molecule has 0 nitrogen and oxygen atoms in total. The van der Waals surface area contributed by atoms with Crippen molar-refractivity contribution >= 4 is 11.6 Å². The molecule has 0 bridgehead atoms. The number of benzene rings is 1. The summed E-state index contributed by atoms with van der Waals surface area (Å²) in [6.07, 6.45) is -2.93. The molecule has 0 amide bonds. The molecule has 4 heteroatoms. The van der Waals surface area contributed by atoms with E-state index >= 15 is 0 Å². The van der Waals surface area contributed by atoms with Crippen molar-refractivity contribution in [2.45, 2.75) is 25.9 Å². The molecule has 0 atom stereocenters. The Labute approximate surface area is 85.7 Å². The summed E-state index contributed by atoms with van der Waals surface area (Å²) in [5.41, 5.74) is -0.0747. The van der Waals surface area contributed by atoms with Crippen LogP contribution in [0.2, 0.25) is 5.02 Å². The van der Waals surface area contributed by atoms with Crippen LogP contribution in [-0.4, -0.2) is 0 Å². The lowest BCUT2D eigenvalue weighted by Gasteiger charge is -2.09. The van der Waals surface area contributed by atoms with Crippen molar-refractivity contribution < 1.29 is 13.2 Å². The molecular weight excluding hydrogens is 213 g/mol. The molecule has 0 aliphatic rings. The van der Waals surface area contributed by atoms with E-state index in [1.165, 1.54) is 6.07 Å². The zero-order valence-electron chi connectivity index (χ0n) is 7.66. The van der Waals surface area contributed by atoms with Crippen molar-refractivity contribution in [3.05, 3.63) is 34.3 Å². The van der Waals surface area contributed by atoms with E-state index in [0.717, 1.165) is 18.6 Å². The Morgan fingerprint density at radius 2 is 1.93 bits per heavy atom. The third kappa shape index (κ3) is 2.64. The quantitative estimate of drug-likeness (QED) is 0.700. The van der Waals surface area contributed by atoms with Gasteiger partial charge in [0.25, 0.3) is 0 Å². The molecule has 1 aromatic carbocycles. The Balaban J connectivity index is 3.06. The third-order valence-corrected chi connectivity index (χ3v) is 2.26. The van der Waals surface area contributed by atoms with Crippen LogP contribution in [0.1, 0.15) is 24.5 Å². The summed E-state index contributed by atoms with van der Waals surface area (Å²) in [7, 11) is 0. The second-order valence-electron chi connectivity index (χ2n) is 3.05. The van der Waals surface area contributed by atoms with Gasteiger partial charge in [0.05, 0.1) is 5.56 Å². The van der Waals surface area contributed by atoms with Gasteiger partial charge in [-0.1, -0.05) is 24.9 Å². The van der Waals surface area contributed by atoms with E-state index in [9.17, 15) is 13.2 Å². The van der Waals surface area contributed by atoms with Crippen molar-refractivity contribution in [1.82, 2.24) is 0 Å². The molecular formula is C10H10ClF3. The smallest absolute Gasteiger partial charge is 0.166 e. The van der Waals surface area contributed by atoms with Gasteiger partial charge in [-0.2, -0.15) is 13.2 Å². The fraction of sp³-hybridized carbons (Fsp3) is 0.400. The Bertz CT molecular complexity index is 318. The minimum atomic E-state index is -4.28. The first-order valence-electron chi connectivity index (χ1n) is 4.30. The fourth-order valence-electron chi connectivity index (χ4n) is 1.21. The van der Waals surface area contributed by atoms with Gasteiger partial charge < -0.3 is 0 Å². The van der Waals surface area contributed by atoms with Crippen molar-refractivity contribution in [3.63, 3.8) is 0 Å². The summed E-state index contributed by atoms with van der Waals surface area (Å²) < 4.78 is 36.9. The highest BCUT2D eigenvalue weighted by atomic mass is 35.5. The number of alkyl halides is 3. The maximum absolute atomic E-state index is 12.3. The molecule has 0 aliphatic heterocycles. The maximum atomic E-state index is 12.3. The van der Waals surface area contributed by atoms with Crippen LogP contribution in [0.5, 0.6) is 0 Å². The van der Waals surface area contributed by atoms with Crippen LogP contribution < -0.4 is 0 Å². The number of hydrogen-bond acceptors (Lipinski definition) is 0. The average molecular weight is 223 g/mol. The SMILES string of the molecule is CCCc1cc(C(F)(F)F)ccc1Cl. The normalized spacial score (nSPS) is 11.8. The first-order chi connectivity index (χ1) is 6.45. The highest BCUT2D eigenvalue weighted by Gasteiger charge is 2.30. The lowest BCUT2D eigenvalue weighted by Crippen LogP contribution is -2.05. The third-order valence-electron chi connectivity index (χ3n) is 1.89. The molecule has 0 radical (unpaired) electrons. The van der Waals surface area contributed by atoms with Crippen molar-refractivity contribution in [3.8, 4) is 0 Å². The van der Waals surface area contributed by atoms with Crippen LogP contribution in [0.25, 0.3) is 0 Å². The van der Waals surface area contributed by atoms with Crippen LogP contribution in [-0.2, 0) is 12.6 Å². The molecule has 0 aliphatic carbocycles. The molecule has 0 unspecified atom stereocenters. The first kappa shape index (κ1) is 11.4. The molecule has 14 heavy (non-hydrogen) atoms. The van der Waals surface area contributed by atoms with Crippen LogP contribution in [0.4, 0.5) is 13.2 Å². The van der Waals surface area contributed by atoms with Gasteiger partial charge in [-0.3, -0.25) is 0 Å². The zero-order chi connectivity index (χ0) is 10.8. The van der Waals surface area contributed by atoms with Gasteiger partial charge in [0.2, 0.25) is 0 Å². The van der Waals surface area contributed by atoms with E-state index in [4.69, 9.17) is 11.6 Å². The number of rotatable bonds is 2. The van der Waals surface area contributed by atoms with Crippen LogP contribution in [0, 0.1) is 0 Å². The first-order valence-corrected chi connectivity index (χ1v) is 4.68. The summed E-state index contributed by atoms with van der Waals surface area (Å²) in [4.78, 5) is 0. The van der Waals surface area contributed by atoms with Gasteiger partial charge >= 0.3 is 6.18 Å². The molecule has 0 spiro atoms. The van der Waals surface area contributed by atoms with Gasteiger partial charge in [0.1, 0.15) is 0 Å². The largest absolute Gasteiger partial charge is 0.416 e. The monoisotopic (exact) mass is 222 g/mol. The van der Waals surface area contributed by atoms with E-state index in [0.29, 0.717) is 17.0 Å². The van der Waals surface area contributed by atoms with E-state index in [-0.39, 0.29) is 0 Å². The summed E-state index contributed by atoms with van der Waals surface area (Å²) in [5, 5.41) is 0.403. The standard InChI is InChI=1S/C10H10ClF3/c1-2-3-7-6-8(10(12,13)14)4-5-9(7)11/h4-6H,2-3H2,1H3. The van der Waals surface area contributed by atoms with Crippen molar-refractivity contribution in [2.75, 3.05) is 0 Å². The highest BCUT2D eigenvalue weighted by molar-refractivity contribution is 6.31. The van der Waals surface area contributed by atoms with Crippen LogP contribution >= 0.6 is 11.6 Å². The zero-order valence-corrected chi connectivity index (χ0v) is 8.41. The topological polar surface area (TPSA) is 0 Å². The molecule has 0 N–H and O–H groups in total. The molecule has 0 saturated heterocycles. The van der Waals surface area contributed by atoms with Gasteiger partial charge in [0.15, 0.2) is 0 Å². The van der Waals surface area contributed by atoms with Gasteiger partial charge in [-0.05, 0) is 30.2 Å². The lowest BCUT2D eigenvalue weighted by molar-refractivity contribution is -0.137. The average Bonchev–Trinajstić information content (AvgIpc) is 2.07. The van der Waals surface area contributed by atoms with Gasteiger partial charge in [-0.25, -0.2) is 0 Å². The number of hydrogen-bond donors (Lipinski definition) is 0. The second kappa shape index (κ2) is 4.22. The summed E-state index contributed by atoms with van der Waals surface area (Å²) >= 11 is 5.76. The van der Waals surface area contributed by atoms with E-state index < -0.39 is 11.7 Å². The predicted molar refractivity (Wildman–Crippen MR) is 50.4 cm³/mol. The van der Waals surface area contributed by atoms with E-state index in [2.05, 4.69) is 0 Å². The van der Waals surface area contributed by atoms with Gasteiger partial charge in [0, 0.05) is 5.02 Å². The predicted octanol–water partition coefficient (Wildman–Crippen LogP) is 4.31. The Hall–Kier alpha value is -0.700. The molecule has 0 aromatic heterocycles. The lowest BCUT2D eigenvalue weighted by atomic mass is 10.1. The Kier molecular flexibility index (Phi) is 3.43. The number of halogens is 4. The minimum Gasteiger partial charge on any atom is -0.166 e. The van der Waals surface area contributed by atoms with Gasteiger partial charge in [-0.15, -0.1) is 0 Å². The Morgan fingerprint density at radius 1 is 1.29 bits per heavy atom. The van der Waals surface area contributed by atoms with Crippen molar-refractivity contribution in [2.24, 2.45) is 0 Å². The van der Waals surface area contributed by atoms with Crippen molar-refractivity contribution in [1.29, 1.82) is 0 Å². The second-order valence-corrected chi connectivity index (χ2v) is 3.46. The van der Waals surface area contributed by atoms with E-state index in [1.54, 1.807) is 0 Å².